The number of nitrogens with zero attached hydrogens (tertiary/aromatic N) is 3. The Balaban J connectivity index is 1.18. The van der Waals surface area contributed by atoms with Crippen molar-refractivity contribution in [1.29, 1.82) is 0 Å². The summed E-state index contributed by atoms with van der Waals surface area (Å²) >= 11 is 0. The maximum Gasteiger partial charge on any atom is 0.258 e. The Morgan fingerprint density at radius 2 is 1.66 bits per heavy atom. The Kier molecular flexibility index (Phi) is 8.61. The molecule has 0 spiro atoms. The molecule has 0 radical (unpaired) electrons. The molecule has 10 heteroatoms. The van der Waals surface area contributed by atoms with Crippen molar-refractivity contribution in [3.8, 4) is 11.6 Å². The number of sulfonamides is 1. The van der Waals surface area contributed by atoms with Crippen LogP contribution in [0.5, 0.6) is 11.6 Å². The van der Waals surface area contributed by atoms with Crippen molar-refractivity contribution in [2.75, 3.05) is 29.0 Å². The SMILES string of the molecule is CS(=O)(=O)Nc1ccc(Oc2ccc(CN3CCC(N(C(=O)c4ccc(F)cc4)c4ccccc4)CC3)cn2)cc1. The summed E-state index contributed by atoms with van der Waals surface area (Å²) in [7, 11) is -3.34. The molecule has 1 saturated heterocycles. The van der Waals surface area contributed by atoms with E-state index in [1.54, 1.807) is 30.5 Å². The smallest absolute Gasteiger partial charge is 0.258 e. The molecule has 212 valence electrons. The van der Waals surface area contributed by atoms with Gasteiger partial charge in [-0.15, -0.1) is 0 Å². The lowest BCUT2D eigenvalue weighted by molar-refractivity contribution is 0.0958. The molecule has 1 aliphatic rings. The maximum atomic E-state index is 13.5. The molecule has 2 heterocycles. The molecule has 1 aliphatic heterocycles. The zero-order valence-electron chi connectivity index (χ0n) is 22.6. The first-order valence-corrected chi connectivity index (χ1v) is 15.2. The number of benzene rings is 3. The molecule has 1 aromatic heterocycles. The molecule has 1 amide bonds. The van der Waals surface area contributed by atoms with Gasteiger partial charge >= 0.3 is 0 Å². The van der Waals surface area contributed by atoms with E-state index in [0.717, 1.165) is 50.0 Å². The van der Waals surface area contributed by atoms with Crippen LogP contribution < -0.4 is 14.4 Å². The summed E-state index contributed by atoms with van der Waals surface area (Å²) in [6.07, 6.45) is 4.50. The highest BCUT2D eigenvalue weighted by Gasteiger charge is 2.30. The first-order chi connectivity index (χ1) is 19.7. The molecular formula is C31H31FN4O4S. The number of amides is 1. The van der Waals surface area contributed by atoms with Crippen molar-refractivity contribution >= 4 is 27.3 Å². The van der Waals surface area contributed by atoms with E-state index in [9.17, 15) is 17.6 Å². The highest BCUT2D eigenvalue weighted by Crippen LogP contribution is 2.27. The second-order valence-electron chi connectivity index (χ2n) is 10.0. The summed E-state index contributed by atoms with van der Waals surface area (Å²) in [6.45, 7) is 2.36. The quantitative estimate of drug-likeness (QED) is 0.276. The summed E-state index contributed by atoms with van der Waals surface area (Å²) in [5.74, 6) is 0.489. The fourth-order valence-corrected chi connectivity index (χ4v) is 5.46. The van der Waals surface area contributed by atoms with Gasteiger partial charge in [0.2, 0.25) is 15.9 Å². The fraction of sp³-hybridized carbons (Fsp3) is 0.226. The van der Waals surface area contributed by atoms with Crippen molar-refractivity contribution in [3.63, 3.8) is 0 Å². The average Bonchev–Trinajstić information content (AvgIpc) is 2.96. The maximum absolute atomic E-state index is 13.5. The van der Waals surface area contributed by atoms with E-state index >= 15 is 0 Å². The van der Waals surface area contributed by atoms with Gasteiger partial charge in [0.05, 0.1) is 6.26 Å². The number of rotatable bonds is 9. The number of carbonyl (C=O) groups is 1. The minimum Gasteiger partial charge on any atom is -0.439 e. The van der Waals surface area contributed by atoms with E-state index in [1.165, 1.54) is 24.3 Å². The third-order valence-corrected chi connectivity index (χ3v) is 7.46. The van der Waals surface area contributed by atoms with E-state index in [2.05, 4.69) is 14.6 Å². The highest BCUT2D eigenvalue weighted by molar-refractivity contribution is 7.92. The molecule has 8 nitrogen and oxygen atoms in total. The lowest BCUT2D eigenvalue weighted by atomic mass is 10.00. The second-order valence-corrected chi connectivity index (χ2v) is 11.8. The van der Waals surface area contributed by atoms with Gasteiger partial charge in [0.25, 0.3) is 5.91 Å². The van der Waals surface area contributed by atoms with Gasteiger partial charge in [0, 0.05) is 54.9 Å². The van der Waals surface area contributed by atoms with Gasteiger partial charge in [0.1, 0.15) is 11.6 Å². The van der Waals surface area contributed by atoms with Crippen LogP contribution in [-0.2, 0) is 16.6 Å². The van der Waals surface area contributed by atoms with Crippen molar-refractivity contribution in [2.24, 2.45) is 0 Å². The Morgan fingerprint density at radius 1 is 0.976 bits per heavy atom. The number of para-hydroxylation sites is 1. The number of halogens is 1. The molecule has 1 fully saturated rings. The number of ether oxygens (including phenoxy) is 1. The fourth-order valence-electron chi connectivity index (χ4n) is 4.90. The van der Waals surface area contributed by atoms with Crippen LogP contribution in [0.1, 0.15) is 28.8 Å². The van der Waals surface area contributed by atoms with E-state index in [1.807, 2.05) is 47.4 Å². The van der Waals surface area contributed by atoms with Crippen molar-refractivity contribution in [1.82, 2.24) is 9.88 Å². The Hall–Kier alpha value is -4.28. The zero-order valence-corrected chi connectivity index (χ0v) is 23.4. The van der Waals surface area contributed by atoms with Crippen LogP contribution in [-0.4, -0.2) is 49.6 Å². The third-order valence-electron chi connectivity index (χ3n) is 6.85. The van der Waals surface area contributed by atoms with Crippen LogP contribution in [0.15, 0.2) is 97.2 Å². The van der Waals surface area contributed by atoms with Gasteiger partial charge in [0.15, 0.2) is 0 Å². The van der Waals surface area contributed by atoms with Crippen LogP contribution in [0.4, 0.5) is 15.8 Å². The summed E-state index contributed by atoms with van der Waals surface area (Å²) in [4.78, 5) is 22.1. The summed E-state index contributed by atoms with van der Waals surface area (Å²) in [5, 5.41) is 0. The zero-order chi connectivity index (χ0) is 28.8. The molecule has 0 unspecified atom stereocenters. The number of piperidine rings is 1. The highest BCUT2D eigenvalue weighted by atomic mass is 32.2. The number of anilines is 2. The molecule has 41 heavy (non-hydrogen) atoms. The van der Waals surface area contributed by atoms with Crippen molar-refractivity contribution in [3.05, 3.63) is 114 Å². The number of likely N-dealkylation sites (tertiary alicyclic amines) is 1. The Morgan fingerprint density at radius 3 is 2.27 bits per heavy atom. The van der Waals surface area contributed by atoms with Crippen LogP contribution in [0, 0.1) is 5.82 Å². The molecule has 0 bridgehead atoms. The van der Waals surface area contributed by atoms with E-state index in [0.29, 0.717) is 22.9 Å². The van der Waals surface area contributed by atoms with Gasteiger partial charge in [-0.25, -0.2) is 17.8 Å². The normalized spacial score (nSPS) is 14.4. The van der Waals surface area contributed by atoms with E-state index in [-0.39, 0.29) is 17.8 Å². The molecule has 3 aromatic carbocycles. The van der Waals surface area contributed by atoms with Crippen LogP contribution in [0.2, 0.25) is 0 Å². The standard InChI is InChI=1S/C31H31FN4O4S/c1-41(38,39)34-26-12-14-29(15-13-26)40-30-16-7-23(21-33-30)22-35-19-17-28(18-20-35)36(27-5-3-2-4-6-27)31(37)24-8-10-25(32)11-9-24/h2-16,21,28,34H,17-20,22H2,1H3. The lowest BCUT2D eigenvalue weighted by Crippen LogP contribution is -2.47. The monoisotopic (exact) mass is 574 g/mol. The minimum atomic E-state index is -3.34. The first kappa shape index (κ1) is 28.3. The van der Waals surface area contributed by atoms with E-state index < -0.39 is 10.0 Å². The number of nitrogens with one attached hydrogen (secondary N) is 1. The largest absolute Gasteiger partial charge is 0.439 e. The average molecular weight is 575 g/mol. The molecule has 5 rings (SSSR count). The predicted octanol–water partition coefficient (Wildman–Crippen LogP) is 5.70. The van der Waals surface area contributed by atoms with Crippen LogP contribution in [0.3, 0.4) is 0 Å². The number of carbonyl (C=O) groups excluding carboxylic acids is 1. The number of aromatic nitrogens is 1. The van der Waals surface area contributed by atoms with Crippen molar-refractivity contribution in [2.45, 2.75) is 25.4 Å². The summed E-state index contributed by atoms with van der Waals surface area (Å²) in [5.41, 5.74) is 2.80. The summed E-state index contributed by atoms with van der Waals surface area (Å²) < 4.78 is 44.4. The van der Waals surface area contributed by atoms with Gasteiger partial charge in [-0.1, -0.05) is 24.3 Å². The van der Waals surface area contributed by atoms with Gasteiger partial charge in [-0.2, -0.15) is 0 Å². The Bertz CT molecular complexity index is 1560. The minimum absolute atomic E-state index is 0.0270. The third kappa shape index (κ3) is 7.68. The number of pyridine rings is 1. The van der Waals surface area contributed by atoms with Crippen LogP contribution in [0.25, 0.3) is 0 Å². The molecule has 4 aromatic rings. The lowest BCUT2D eigenvalue weighted by Gasteiger charge is -2.38. The van der Waals surface area contributed by atoms with Crippen LogP contribution >= 0.6 is 0 Å². The number of hydrogen-bond acceptors (Lipinski definition) is 6. The second kappa shape index (κ2) is 12.5. The van der Waals surface area contributed by atoms with Crippen molar-refractivity contribution < 1.29 is 22.3 Å². The summed E-state index contributed by atoms with van der Waals surface area (Å²) in [6, 6.07) is 25.7. The number of hydrogen-bond donors (Lipinski definition) is 1. The Labute approximate surface area is 239 Å². The molecule has 0 saturated carbocycles. The predicted molar refractivity (Wildman–Crippen MR) is 157 cm³/mol. The van der Waals surface area contributed by atoms with E-state index in [4.69, 9.17) is 4.74 Å². The first-order valence-electron chi connectivity index (χ1n) is 13.3. The molecule has 0 atom stereocenters. The molecular weight excluding hydrogens is 543 g/mol. The molecule has 0 aliphatic carbocycles. The van der Waals surface area contributed by atoms with Gasteiger partial charge in [-0.3, -0.25) is 14.4 Å². The topological polar surface area (TPSA) is 91.8 Å². The van der Waals surface area contributed by atoms with Gasteiger partial charge in [-0.05, 0) is 79.1 Å². The van der Waals surface area contributed by atoms with Gasteiger partial charge < -0.3 is 9.64 Å². The molecule has 1 N–H and O–H groups in total.